The van der Waals surface area contributed by atoms with Crippen LogP contribution in [0, 0.1) is 5.92 Å². The average Bonchev–Trinajstić information content (AvgIpc) is 3.20. The summed E-state index contributed by atoms with van der Waals surface area (Å²) in [5.74, 6) is 2.32. The Labute approximate surface area is 156 Å². The summed E-state index contributed by atoms with van der Waals surface area (Å²) in [6.07, 6.45) is 5.05. The van der Waals surface area contributed by atoms with E-state index in [1.807, 2.05) is 48.7 Å². The highest BCUT2D eigenvalue weighted by atomic mass is 16.5. The van der Waals surface area contributed by atoms with Gasteiger partial charge in [-0.1, -0.05) is 18.2 Å². The molecule has 1 saturated heterocycles. The molecule has 138 valence electrons. The third-order valence-corrected chi connectivity index (χ3v) is 4.37. The molecule has 1 aromatic carbocycles. The summed E-state index contributed by atoms with van der Waals surface area (Å²) in [4.78, 5) is 22.8. The van der Waals surface area contributed by atoms with Crippen LogP contribution in [0.25, 0.3) is 5.82 Å². The predicted molar refractivity (Wildman–Crippen MR) is 99.8 cm³/mol. The zero-order valence-corrected chi connectivity index (χ0v) is 14.7. The highest BCUT2D eigenvalue weighted by Gasteiger charge is 2.33. The van der Waals surface area contributed by atoms with Crippen LogP contribution in [0.15, 0.2) is 61.2 Å². The first-order valence-corrected chi connectivity index (χ1v) is 8.82. The number of para-hydroxylation sites is 1. The second kappa shape index (κ2) is 7.86. The van der Waals surface area contributed by atoms with Crippen LogP contribution in [0.1, 0.15) is 0 Å². The number of amides is 1. The molecule has 0 aliphatic carbocycles. The van der Waals surface area contributed by atoms with Crippen molar-refractivity contribution in [1.29, 1.82) is 0 Å². The molecule has 1 N–H and O–H groups in total. The lowest BCUT2D eigenvalue weighted by Crippen LogP contribution is -2.54. The maximum Gasteiger partial charge on any atom is 0.226 e. The van der Waals surface area contributed by atoms with E-state index in [-0.39, 0.29) is 11.8 Å². The second-order valence-corrected chi connectivity index (χ2v) is 6.24. The minimum Gasteiger partial charge on any atom is -0.492 e. The van der Waals surface area contributed by atoms with Gasteiger partial charge in [0.15, 0.2) is 5.82 Å². The zero-order valence-electron chi connectivity index (χ0n) is 14.7. The Morgan fingerprint density at radius 2 is 1.96 bits per heavy atom. The molecular formula is C19H20N6O2. The van der Waals surface area contributed by atoms with Gasteiger partial charge in [0, 0.05) is 31.5 Å². The Hall–Kier alpha value is -3.42. The van der Waals surface area contributed by atoms with Gasteiger partial charge < -0.3 is 15.0 Å². The number of carbonyl (C=O) groups is 1. The summed E-state index contributed by atoms with van der Waals surface area (Å²) in [7, 11) is 0. The zero-order chi connectivity index (χ0) is 18.5. The van der Waals surface area contributed by atoms with Gasteiger partial charge in [0.25, 0.3) is 0 Å². The van der Waals surface area contributed by atoms with E-state index in [0.29, 0.717) is 32.1 Å². The topological polar surface area (TPSA) is 85.2 Å². The summed E-state index contributed by atoms with van der Waals surface area (Å²) in [5, 5.41) is 7.09. The largest absolute Gasteiger partial charge is 0.492 e. The number of rotatable bonds is 7. The van der Waals surface area contributed by atoms with Crippen molar-refractivity contribution in [2.45, 2.75) is 0 Å². The van der Waals surface area contributed by atoms with Crippen LogP contribution in [-0.4, -0.2) is 51.9 Å². The van der Waals surface area contributed by atoms with Crippen molar-refractivity contribution in [2.75, 3.05) is 31.1 Å². The van der Waals surface area contributed by atoms with Gasteiger partial charge in [0.2, 0.25) is 5.91 Å². The Bertz CT molecular complexity index is 878. The van der Waals surface area contributed by atoms with Gasteiger partial charge in [0.05, 0.1) is 12.5 Å². The molecule has 0 bridgehead atoms. The molecule has 0 unspecified atom stereocenters. The van der Waals surface area contributed by atoms with Gasteiger partial charge in [-0.05, 0) is 18.2 Å². The summed E-state index contributed by atoms with van der Waals surface area (Å²) in [5.41, 5.74) is 0. The first kappa shape index (κ1) is 17.0. The molecule has 1 fully saturated rings. The molecule has 0 atom stereocenters. The molecule has 0 spiro atoms. The number of hydrogen-bond acceptors (Lipinski definition) is 6. The molecule has 3 heterocycles. The second-order valence-electron chi connectivity index (χ2n) is 6.24. The number of benzene rings is 1. The molecule has 0 radical (unpaired) electrons. The molecule has 1 amide bonds. The van der Waals surface area contributed by atoms with Crippen molar-refractivity contribution in [1.82, 2.24) is 25.1 Å². The normalized spacial score (nSPS) is 13.9. The number of carbonyl (C=O) groups excluding carboxylic acids is 1. The summed E-state index contributed by atoms with van der Waals surface area (Å²) in [6, 6.07) is 13.3. The van der Waals surface area contributed by atoms with Gasteiger partial charge in [-0.2, -0.15) is 5.10 Å². The molecule has 1 aliphatic heterocycles. The van der Waals surface area contributed by atoms with E-state index in [1.54, 1.807) is 10.9 Å². The molecule has 3 aromatic rings. The van der Waals surface area contributed by atoms with Crippen LogP contribution in [0.2, 0.25) is 0 Å². The molecule has 8 nitrogen and oxygen atoms in total. The van der Waals surface area contributed by atoms with Crippen molar-refractivity contribution < 1.29 is 9.53 Å². The van der Waals surface area contributed by atoms with E-state index in [1.165, 1.54) is 6.33 Å². The Morgan fingerprint density at radius 1 is 1.15 bits per heavy atom. The van der Waals surface area contributed by atoms with E-state index in [9.17, 15) is 4.79 Å². The van der Waals surface area contributed by atoms with E-state index in [2.05, 4.69) is 25.3 Å². The number of nitrogens with zero attached hydrogens (tertiary/aromatic N) is 5. The Kier molecular flexibility index (Phi) is 4.95. The highest BCUT2D eigenvalue weighted by Crippen LogP contribution is 2.23. The summed E-state index contributed by atoms with van der Waals surface area (Å²) in [6.45, 7) is 2.22. The molecular weight excluding hydrogens is 344 g/mol. The van der Waals surface area contributed by atoms with Crippen LogP contribution < -0.4 is 15.0 Å². The lowest BCUT2D eigenvalue weighted by Gasteiger charge is -2.39. The third-order valence-electron chi connectivity index (χ3n) is 4.37. The lowest BCUT2D eigenvalue weighted by atomic mass is 9.99. The van der Waals surface area contributed by atoms with Crippen LogP contribution in [0.3, 0.4) is 0 Å². The summed E-state index contributed by atoms with van der Waals surface area (Å²) >= 11 is 0. The van der Waals surface area contributed by atoms with E-state index >= 15 is 0 Å². The first-order valence-electron chi connectivity index (χ1n) is 8.82. The fraction of sp³-hybridized carbons (Fsp3) is 0.263. The van der Waals surface area contributed by atoms with Gasteiger partial charge >= 0.3 is 0 Å². The fourth-order valence-electron chi connectivity index (χ4n) is 2.88. The molecule has 4 rings (SSSR count). The maximum absolute atomic E-state index is 12.2. The lowest BCUT2D eigenvalue weighted by molar-refractivity contribution is -0.125. The monoisotopic (exact) mass is 364 g/mol. The van der Waals surface area contributed by atoms with Gasteiger partial charge in [-0.3, -0.25) is 4.79 Å². The SMILES string of the molecule is O=C(NCCOc1ccccc1)C1CN(c2cc(-n3cccn3)ncn2)C1. The number of anilines is 1. The van der Waals surface area contributed by atoms with Crippen molar-refractivity contribution >= 4 is 11.7 Å². The van der Waals surface area contributed by atoms with Crippen LogP contribution in [0.5, 0.6) is 5.75 Å². The third kappa shape index (κ3) is 4.05. The van der Waals surface area contributed by atoms with Crippen molar-refractivity contribution in [3.05, 3.63) is 61.2 Å². The van der Waals surface area contributed by atoms with E-state index < -0.39 is 0 Å². The van der Waals surface area contributed by atoms with Crippen LogP contribution in [-0.2, 0) is 4.79 Å². The number of aromatic nitrogens is 4. The van der Waals surface area contributed by atoms with E-state index in [4.69, 9.17) is 4.74 Å². The van der Waals surface area contributed by atoms with Crippen LogP contribution in [0.4, 0.5) is 5.82 Å². The minimum absolute atomic E-state index is 0.0372. The first-order chi connectivity index (χ1) is 13.3. The number of hydrogen-bond donors (Lipinski definition) is 1. The van der Waals surface area contributed by atoms with Crippen molar-refractivity contribution in [2.24, 2.45) is 5.92 Å². The van der Waals surface area contributed by atoms with Gasteiger partial charge in [0.1, 0.15) is 24.5 Å². The fourth-order valence-corrected chi connectivity index (χ4v) is 2.88. The van der Waals surface area contributed by atoms with Crippen molar-refractivity contribution in [3.8, 4) is 11.6 Å². The summed E-state index contributed by atoms with van der Waals surface area (Å²) < 4.78 is 7.26. The average molecular weight is 364 g/mol. The minimum atomic E-state index is -0.0372. The van der Waals surface area contributed by atoms with Crippen molar-refractivity contribution in [3.63, 3.8) is 0 Å². The molecule has 27 heavy (non-hydrogen) atoms. The van der Waals surface area contributed by atoms with Gasteiger partial charge in [-0.25, -0.2) is 14.6 Å². The standard InChI is InChI=1S/C19H20N6O2/c26-19(20-8-10-27-16-5-2-1-3-6-16)15-12-24(13-15)17-11-18(22-14-21-17)25-9-4-7-23-25/h1-7,9,11,14-15H,8,10,12-13H2,(H,20,26). The quantitative estimate of drug-likeness (QED) is 0.636. The highest BCUT2D eigenvalue weighted by molar-refractivity contribution is 5.81. The molecule has 8 heteroatoms. The van der Waals surface area contributed by atoms with E-state index in [0.717, 1.165) is 11.6 Å². The molecule has 2 aromatic heterocycles. The Balaban J connectivity index is 1.22. The number of nitrogens with one attached hydrogen (secondary N) is 1. The predicted octanol–water partition coefficient (Wildman–Crippen LogP) is 1.29. The smallest absolute Gasteiger partial charge is 0.226 e. The number of ether oxygens (including phenoxy) is 1. The van der Waals surface area contributed by atoms with Crippen LogP contribution >= 0.6 is 0 Å². The molecule has 1 aliphatic rings. The molecule has 0 saturated carbocycles. The Morgan fingerprint density at radius 3 is 2.74 bits per heavy atom. The van der Waals surface area contributed by atoms with Gasteiger partial charge in [-0.15, -0.1) is 0 Å². The maximum atomic E-state index is 12.2.